The topological polar surface area (TPSA) is 129 Å². The molecule has 142 valence electrons. The number of rotatable bonds is 5. The van der Waals surface area contributed by atoms with Gasteiger partial charge in [0.2, 0.25) is 5.88 Å². The van der Waals surface area contributed by atoms with Gasteiger partial charge in [0, 0.05) is 19.2 Å². The first-order chi connectivity index (χ1) is 11.9. The molecule has 9 nitrogen and oxygen atoms in total. The second-order valence-corrected chi connectivity index (χ2v) is 5.92. The maximum atomic E-state index is 12.9. The average Bonchev–Trinajstić information content (AvgIpc) is 2.80. The summed E-state index contributed by atoms with van der Waals surface area (Å²) in [5.41, 5.74) is 2.17. The SMILES string of the molecule is Cn1nc(Oc2ccc([N+](=O)[O-])c(C(C)(N)CO)n2)c(Cl)c1C(F)(F)F. The molecule has 1 unspecified atom stereocenters. The Morgan fingerprint density at radius 2 is 2.08 bits per heavy atom. The third-order valence-electron chi connectivity index (χ3n) is 3.34. The molecule has 0 bridgehead atoms. The molecule has 0 fully saturated rings. The quantitative estimate of drug-likeness (QED) is 0.587. The summed E-state index contributed by atoms with van der Waals surface area (Å²) in [5, 5.41) is 23.1. The number of halogens is 4. The largest absolute Gasteiger partial charge is 0.434 e. The predicted molar refractivity (Wildman–Crippen MR) is 82.8 cm³/mol. The zero-order chi connectivity index (χ0) is 19.9. The monoisotopic (exact) mass is 395 g/mol. The minimum absolute atomic E-state index is 0.314. The van der Waals surface area contributed by atoms with E-state index >= 15 is 0 Å². The molecular formula is C13H13ClF3N5O4. The van der Waals surface area contributed by atoms with Crippen LogP contribution in [0.25, 0.3) is 0 Å². The number of hydrogen-bond acceptors (Lipinski definition) is 7. The highest BCUT2D eigenvalue weighted by Crippen LogP contribution is 2.40. The van der Waals surface area contributed by atoms with Gasteiger partial charge < -0.3 is 15.6 Å². The molecular weight excluding hydrogens is 383 g/mol. The zero-order valence-corrected chi connectivity index (χ0v) is 14.2. The van der Waals surface area contributed by atoms with Crippen molar-refractivity contribution in [2.45, 2.75) is 18.6 Å². The molecule has 2 aromatic rings. The van der Waals surface area contributed by atoms with Gasteiger partial charge in [-0.05, 0) is 6.92 Å². The summed E-state index contributed by atoms with van der Waals surface area (Å²) in [6, 6.07) is 2.05. The summed E-state index contributed by atoms with van der Waals surface area (Å²) in [6.45, 7) is 0.620. The van der Waals surface area contributed by atoms with E-state index in [9.17, 15) is 28.4 Å². The lowest BCUT2D eigenvalue weighted by Crippen LogP contribution is -2.38. The molecule has 0 aliphatic rings. The maximum absolute atomic E-state index is 12.9. The van der Waals surface area contributed by atoms with Crippen molar-refractivity contribution in [3.05, 3.63) is 38.7 Å². The van der Waals surface area contributed by atoms with E-state index in [4.69, 9.17) is 22.1 Å². The van der Waals surface area contributed by atoms with Crippen LogP contribution in [0.1, 0.15) is 18.3 Å². The van der Waals surface area contributed by atoms with Crippen LogP contribution in [0.2, 0.25) is 5.02 Å². The number of nitrogens with two attached hydrogens (primary N) is 1. The van der Waals surface area contributed by atoms with E-state index in [-0.39, 0.29) is 11.6 Å². The standard InChI is InChI=1S/C13H13ClF3N5O4/c1-12(18,5-23)9-6(22(24)25)3-4-7(19-9)26-11-8(14)10(13(15,16)17)21(2)20-11/h3-4,23H,5,18H2,1-2H3. The molecule has 0 aromatic carbocycles. The van der Waals surface area contributed by atoms with Gasteiger partial charge in [0.15, 0.2) is 5.69 Å². The van der Waals surface area contributed by atoms with Crippen molar-refractivity contribution in [2.75, 3.05) is 6.61 Å². The van der Waals surface area contributed by atoms with Gasteiger partial charge >= 0.3 is 6.18 Å². The van der Waals surface area contributed by atoms with Gasteiger partial charge in [0.25, 0.3) is 11.6 Å². The predicted octanol–water partition coefficient (Wildman–Crippen LogP) is 2.35. The normalized spacial score (nSPS) is 14.2. The first-order valence-corrected chi connectivity index (χ1v) is 7.29. The Morgan fingerprint density at radius 3 is 2.54 bits per heavy atom. The highest BCUT2D eigenvalue weighted by Gasteiger charge is 2.40. The molecule has 1 atom stereocenters. The number of ether oxygens (including phenoxy) is 1. The van der Waals surface area contributed by atoms with Crippen molar-refractivity contribution >= 4 is 17.3 Å². The molecule has 3 N–H and O–H groups in total. The van der Waals surface area contributed by atoms with Crippen LogP contribution in [-0.4, -0.2) is 31.4 Å². The van der Waals surface area contributed by atoms with Gasteiger partial charge in [0.05, 0.1) is 17.1 Å². The van der Waals surface area contributed by atoms with Crippen LogP contribution in [0.5, 0.6) is 11.8 Å². The molecule has 0 aliphatic heterocycles. The number of alkyl halides is 3. The van der Waals surface area contributed by atoms with Crippen molar-refractivity contribution in [1.82, 2.24) is 14.8 Å². The Kier molecular flexibility index (Phi) is 5.12. The van der Waals surface area contributed by atoms with Crippen LogP contribution >= 0.6 is 11.6 Å². The van der Waals surface area contributed by atoms with Crippen molar-refractivity contribution < 1.29 is 27.9 Å². The molecule has 2 rings (SSSR count). The molecule has 0 aliphatic carbocycles. The number of pyridine rings is 1. The Labute approximate surface area is 149 Å². The first kappa shape index (κ1) is 19.9. The fourth-order valence-corrected chi connectivity index (χ4v) is 2.38. The number of hydrogen-bond donors (Lipinski definition) is 2. The second-order valence-electron chi connectivity index (χ2n) is 5.54. The van der Waals surface area contributed by atoms with Crippen molar-refractivity contribution in [3.63, 3.8) is 0 Å². The van der Waals surface area contributed by atoms with Crippen LogP contribution in [0, 0.1) is 10.1 Å². The van der Waals surface area contributed by atoms with Crippen LogP contribution in [0.15, 0.2) is 12.1 Å². The summed E-state index contributed by atoms with van der Waals surface area (Å²) >= 11 is 5.67. The third-order valence-corrected chi connectivity index (χ3v) is 3.69. The van der Waals surface area contributed by atoms with Crippen LogP contribution in [0.4, 0.5) is 18.9 Å². The molecule has 13 heteroatoms. The van der Waals surface area contributed by atoms with Crippen molar-refractivity contribution in [3.8, 4) is 11.8 Å². The summed E-state index contributed by atoms with van der Waals surface area (Å²) in [5.74, 6) is -0.916. The van der Waals surface area contributed by atoms with Crippen molar-refractivity contribution in [2.24, 2.45) is 12.8 Å². The van der Waals surface area contributed by atoms with Gasteiger partial charge in [-0.25, -0.2) is 4.98 Å². The lowest BCUT2D eigenvalue weighted by Gasteiger charge is -2.21. The number of aliphatic hydroxyl groups is 1. The summed E-state index contributed by atoms with van der Waals surface area (Å²) in [4.78, 5) is 14.2. The summed E-state index contributed by atoms with van der Waals surface area (Å²) in [7, 11) is 1.03. The van der Waals surface area contributed by atoms with Gasteiger partial charge in [-0.2, -0.15) is 13.2 Å². The minimum atomic E-state index is -4.76. The fourth-order valence-electron chi connectivity index (χ4n) is 2.08. The Morgan fingerprint density at radius 1 is 1.46 bits per heavy atom. The number of aliphatic hydroxyl groups excluding tert-OH is 1. The summed E-state index contributed by atoms with van der Waals surface area (Å²) < 4.78 is 44.4. The van der Waals surface area contributed by atoms with E-state index in [0.29, 0.717) is 4.68 Å². The van der Waals surface area contributed by atoms with Crippen molar-refractivity contribution in [1.29, 1.82) is 0 Å². The van der Waals surface area contributed by atoms with Crippen LogP contribution < -0.4 is 10.5 Å². The molecule has 0 radical (unpaired) electrons. The van der Waals surface area contributed by atoms with Gasteiger partial charge in [-0.3, -0.25) is 14.8 Å². The molecule has 2 heterocycles. The zero-order valence-electron chi connectivity index (χ0n) is 13.4. The van der Waals surface area contributed by atoms with Crippen LogP contribution in [0.3, 0.4) is 0 Å². The van der Waals surface area contributed by atoms with E-state index in [1.807, 2.05) is 0 Å². The first-order valence-electron chi connectivity index (χ1n) is 6.91. The van der Waals surface area contributed by atoms with Gasteiger partial charge in [-0.1, -0.05) is 11.6 Å². The third kappa shape index (κ3) is 3.71. The number of aromatic nitrogens is 3. The van der Waals surface area contributed by atoms with Crippen LogP contribution in [-0.2, 0) is 18.8 Å². The number of nitrogens with zero attached hydrogens (tertiary/aromatic N) is 4. The van der Waals surface area contributed by atoms with E-state index < -0.39 is 45.5 Å². The highest BCUT2D eigenvalue weighted by molar-refractivity contribution is 6.32. The lowest BCUT2D eigenvalue weighted by atomic mass is 9.98. The van der Waals surface area contributed by atoms with E-state index in [1.54, 1.807) is 0 Å². The molecule has 0 spiro atoms. The Hall–Kier alpha value is -2.44. The number of nitro groups is 1. The van der Waals surface area contributed by atoms with Gasteiger partial charge in [-0.15, -0.1) is 5.10 Å². The van der Waals surface area contributed by atoms with E-state index in [0.717, 1.165) is 19.2 Å². The van der Waals surface area contributed by atoms with Gasteiger partial charge in [0.1, 0.15) is 10.7 Å². The Bertz CT molecular complexity index is 853. The average molecular weight is 396 g/mol. The Balaban J connectivity index is 2.49. The van der Waals surface area contributed by atoms with E-state index in [2.05, 4.69) is 10.1 Å². The molecule has 0 saturated heterocycles. The van der Waals surface area contributed by atoms with E-state index in [1.165, 1.54) is 6.92 Å². The number of aryl methyl sites for hydroxylation is 1. The second kappa shape index (κ2) is 6.70. The minimum Gasteiger partial charge on any atom is -0.418 e. The molecule has 0 saturated carbocycles. The maximum Gasteiger partial charge on any atom is 0.434 e. The highest BCUT2D eigenvalue weighted by atomic mass is 35.5. The molecule has 2 aromatic heterocycles. The molecule has 0 amide bonds. The molecule has 26 heavy (non-hydrogen) atoms. The fraction of sp³-hybridized carbons (Fsp3) is 0.385. The smallest absolute Gasteiger partial charge is 0.418 e. The lowest BCUT2D eigenvalue weighted by molar-refractivity contribution is -0.386. The summed E-state index contributed by atoms with van der Waals surface area (Å²) in [6.07, 6.45) is -4.76.